The molecule has 6 nitrogen and oxygen atoms in total. The quantitative estimate of drug-likeness (QED) is 0.475. The van der Waals surface area contributed by atoms with Crippen LogP contribution < -0.4 is 15.5 Å². The monoisotopic (exact) mass is 348 g/mol. The molecular weight excluding hydrogens is 328 g/mol. The molecule has 0 radical (unpaired) electrons. The third kappa shape index (κ3) is 4.95. The molecule has 2 N–H and O–H groups in total. The minimum atomic E-state index is -0.528. The van der Waals surface area contributed by atoms with Gasteiger partial charge in [-0.15, -0.1) is 0 Å². The van der Waals surface area contributed by atoms with E-state index < -0.39 is 5.91 Å². The van der Waals surface area contributed by atoms with Gasteiger partial charge < -0.3 is 15.5 Å². The summed E-state index contributed by atoms with van der Waals surface area (Å²) in [6.07, 6.45) is 1.37. The van der Waals surface area contributed by atoms with E-state index in [2.05, 4.69) is 10.6 Å². The van der Waals surface area contributed by atoms with Crippen LogP contribution in [0.15, 0.2) is 60.3 Å². The molecule has 0 atom stereocenters. The number of benzene rings is 2. The number of rotatable bonds is 6. The van der Waals surface area contributed by atoms with Crippen LogP contribution in [-0.4, -0.2) is 25.8 Å². The van der Waals surface area contributed by atoms with Gasteiger partial charge in [-0.1, -0.05) is 6.07 Å². The number of ketones is 1. The Bertz CT molecular complexity index is 877. The number of carbonyl (C=O) groups is 2. The van der Waals surface area contributed by atoms with Crippen LogP contribution in [0.5, 0.6) is 0 Å². The molecule has 0 aliphatic rings. The van der Waals surface area contributed by atoms with Crippen molar-refractivity contribution in [1.82, 2.24) is 0 Å². The van der Waals surface area contributed by atoms with Crippen LogP contribution in [0.25, 0.3) is 0 Å². The minimum Gasteiger partial charge on any atom is -0.378 e. The smallest absolute Gasteiger partial charge is 0.267 e. The first-order chi connectivity index (χ1) is 12.4. The molecule has 132 valence electrons. The molecule has 0 saturated carbocycles. The van der Waals surface area contributed by atoms with E-state index in [1.54, 1.807) is 24.3 Å². The van der Waals surface area contributed by atoms with Crippen LogP contribution in [0, 0.1) is 11.3 Å². The topological polar surface area (TPSA) is 85.2 Å². The van der Waals surface area contributed by atoms with Crippen LogP contribution in [-0.2, 0) is 4.79 Å². The lowest BCUT2D eigenvalue weighted by Gasteiger charge is -2.13. The zero-order chi connectivity index (χ0) is 19.1. The Morgan fingerprint density at radius 3 is 2.35 bits per heavy atom. The summed E-state index contributed by atoms with van der Waals surface area (Å²) in [6, 6.07) is 16.0. The fourth-order valence-corrected chi connectivity index (χ4v) is 2.16. The molecule has 0 aliphatic heterocycles. The van der Waals surface area contributed by atoms with E-state index in [9.17, 15) is 14.9 Å². The van der Waals surface area contributed by atoms with Gasteiger partial charge in [-0.2, -0.15) is 5.26 Å². The van der Waals surface area contributed by atoms with Crippen LogP contribution in [0.4, 0.5) is 17.1 Å². The number of nitriles is 1. The molecule has 26 heavy (non-hydrogen) atoms. The van der Waals surface area contributed by atoms with Gasteiger partial charge in [-0.05, 0) is 49.4 Å². The van der Waals surface area contributed by atoms with E-state index in [-0.39, 0.29) is 11.4 Å². The van der Waals surface area contributed by atoms with Crippen molar-refractivity contribution in [2.45, 2.75) is 6.92 Å². The number of hydrogen-bond acceptors (Lipinski definition) is 5. The van der Waals surface area contributed by atoms with Crippen molar-refractivity contribution in [2.24, 2.45) is 0 Å². The molecule has 0 aliphatic carbocycles. The molecule has 0 unspecified atom stereocenters. The van der Waals surface area contributed by atoms with Gasteiger partial charge in [0.2, 0.25) is 0 Å². The third-order valence-electron chi connectivity index (χ3n) is 3.66. The Morgan fingerprint density at radius 1 is 1.08 bits per heavy atom. The first kappa shape index (κ1) is 18.7. The summed E-state index contributed by atoms with van der Waals surface area (Å²) in [5.74, 6) is -0.580. The van der Waals surface area contributed by atoms with Crippen LogP contribution in [0.3, 0.4) is 0 Å². The largest absolute Gasteiger partial charge is 0.378 e. The van der Waals surface area contributed by atoms with Gasteiger partial charge in [0.05, 0.1) is 0 Å². The van der Waals surface area contributed by atoms with Gasteiger partial charge in [-0.3, -0.25) is 9.59 Å². The van der Waals surface area contributed by atoms with Gasteiger partial charge in [0.15, 0.2) is 5.78 Å². The van der Waals surface area contributed by atoms with Gasteiger partial charge in [0.1, 0.15) is 11.6 Å². The first-order valence-corrected chi connectivity index (χ1v) is 7.97. The number of carbonyl (C=O) groups excluding carboxylic acids is 2. The molecule has 0 fully saturated rings. The second-order valence-electron chi connectivity index (χ2n) is 5.85. The Labute approximate surface area is 152 Å². The van der Waals surface area contributed by atoms with Crippen molar-refractivity contribution in [3.63, 3.8) is 0 Å². The lowest BCUT2D eigenvalue weighted by Crippen LogP contribution is -2.14. The van der Waals surface area contributed by atoms with Crippen LogP contribution in [0.1, 0.15) is 17.3 Å². The van der Waals surface area contributed by atoms with Crippen molar-refractivity contribution in [2.75, 3.05) is 29.6 Å². The predicted octanol–water partition coefficient (Wildman–Crippen LogP) is 3.41. The zero-order valence-electron chi connectivity index (χ0n) is 14.9. The molecule has 6 heteroatoms. The standard InChI is InChI=1S/C20H20N4O2/c1-14(25)15-7-9-17(10-8-15)23-20(26)16(12-21)13-22-18-5-4-6-19(11-18)24(2)3/h4-11,13,22H,1-3H3,(H,23,26)/b16-13-. The van der Waals surface area contributed by atoms with E-state index in [0.29, 0.717) is 11.3 Å². The maximum Gasteiger partial charge on any atom is 0.267 e. The number of nitrogens with zero attached hydrogens (tertiary/aromatic N) is 2. The molecule has 2 rings (SSSR count). The lowest BCUT2D eigenvalue weighted by atomic mass is 10.1. The normalized spacial score (nSPS) is 10.6. The van der Waals surface area contributed by atoms with Crippen molar-refractivity contribution in [3.8, 4) is 6.07 Å². The second-order valence-corrected chi connectivity index (χ2v) is 5.85. The lowest BCUT2D eigenvalue weighted by molar-refractivity contribution is -0.112. The molecule has 0 saturated heterocycles. The van der Waals surface area contributed by atoms with E-state index in [1.807, 2.05) is 49.3 Å². The summed E-state index contributed by atoms with van der Waals surface area (Å²) in [4.78, 5) is 25.5. The van der Waals surface area contributed by atoms with Gasteiger partial charge in [0, 0.05) is 42.9 Å². The number of hydrogen-bond donors (Lipinski definition) is 2. The molecule has 0 heterocycles. The van der Waals surface area contributed by atoms with Crippen molar-refractivity contribution in [1.29, 1.82) is 5.26 Å². The van der Waals surface area contributed by atoms with Crippen molar-refractivity contribution >= 4 is 28.8 Å². The maximum absolute atomic E-state index is 12.2. The average Bonchev–Trinajstić information content (AvgIpc) is 2.63. The molecular formula is C20H20N4O2. The molecule has 0 spiro atoms. The highest BCUT2D eigenvalue weighted by Crippen LogP contribution is 2.18. The second kappa shape index (κ2) is 8.49. The Balaban J connectivity index is 2.08. The summed E-state index contributed by atoms with van der Waals surface area (Å²) in [6.45, 7) is 1.47. The summed E-state index contributed by atoms with van der Waals surface area (Å²) in [5, 5.41) is 14.8. The fraction of sp³-hybridized carbons (Fsp3) is 0.150. The van der Waals surface area contributed by atoms with Crippen LogP contribution in [0.2, 0.25) is 0 Å². The SMILES string of the molecule is CC(=O)c1ccc(NC(=O)/C(C#N)=C\Nc2cccc(N(C)C)c2)cc1. The van der Waals surface area contributed by atoms with Crippen LogP contribution >= 0.6 is 0 Å². The first-order valence-electron chi connectivity index (χ1n) is 7.97. The average molecular weight is 348 g/mol. The molecule has 0 aromatic heterocycles. The summed E-state index contributed by atoms with van der Waals surface area (Å²) in [5.41, 5.74) is 2.77. The fourth-order valence-electron chi connectivity index (χ4n) is 2.16. The zero-order valence-corrected chi connectivity index (χ0v) is 14.9. The molecule has 2 aromatic carbocycles. The van der Waals surface area contributed by atoms with Crippen molar-refractivity contribution < 1.29 is 9.59 Å². The van der Waals surface area contributed by atoms with E-state index >= 15 is 0 Å². The number of amides is 1. The van der Waals surface area contributed by atoms with E-state index in [1.165, 1.54) is 13.1 Å². The highest BCUT2D eigenvalue weighted by Gasteiger charge is 2.10. The summed E-state index contributed by atoms with van der Waals surface area (Å²) in [7, 11) is 3.86. The summed E-state index contributed by atoms with van der Waals surface area (Å²) < 4.78 is 0. The van der Waals surface area contributed by atoms with Gasteiger partial charge in [-0.25, -0.2) is 0 Å². The molecule has 1 amide bonds. The predicted molar refractivity (Wildman–Crippen MR) is 103 cm³/mol. The number of anilines is 3. The van der Waals surface area contributed by atoms with Crippen molar-refractivity contribution in [3.05, 3.63) is 65.9 Å². The van der Waals surface area contributed by atoms with E-state index in [4.69, 9.17) is 0 Å². The van der Waals surface area contributed by atoms with E-state index in [0.717, 1.165) is 11.4 Å². The number of nitrogens with one attached hydrogen (secondary N) is 2. The third-order valence-corrected chi connectivity index (χ3v) is 3.66. The Morgan fingerprint density at radius 2 is 1.77 bits per heavy atom. The molecule has 2 aromatic rings. The Kier molecular flexibility index (Phi) is 6.12. The highest BCUT2D eigenvalue weighted by atomic mass is 16.1. The minimum absolute atomic E-state index is 0.0513. The summed E-state index contributed by atoms with van der Waals surface area (Å²) >= 11 is 0. The highest BCUT2D eigenvalue weighted by molar-refractivity contribution is 6.07. The molecule has 0 bridgehead atoms. The number of Topliss-reactive ketones (excluding diaryl/α,β-unsaturated/α-hetero) is 1. The van der Waals surface area contributed by atoms with Gasteiger partial charge >= 0.3 is 0 Å². The maximum atomic E-state index is 12.2. The van der Waals surface area contributed by atoms with Gasteiger partial charge in [0.25, 0.3) is 5.91 Å². The Hall–Kier alpha value is -3.59.